The molecular weight excluding hydrogens is 420 g/mol. The summed E-state index contributed by atoms with van der Waals surface area (Å²) in [5.74, 6) is 1.60. The molecule has 0 spiro atoms. The monoisotopic (exact) mass is 444 g/mol. The lowest BCUT2D eigenvalue weighted by atomic mass is 10.1. The quantitative estimate of drug-likeness (QED) is 0.482. The van der Waals surface area contributed by atoms with Gasteiger partial charge < -0.3 is 10.1 Å². The van der Waals surface area contributed by atoms with Crippen molar-refractivity contribution in [3.8, 4) is 5.69 Å². The molecule has 1 aromatic heterocycles. The van der Waals surface area contributed by atoms with Crippen molar-refractivity contribution in [1.82, 2.24) is 20.1 Å². The van der Waals surface area contributed by atoms with Crippen molar-refractivity contribution in [2.45, 2.75) is 31.4 Å². The van der Waals surface area contributed by atoms with Gasteiger partial charge in [0.25, 0.3) is 5.91 Å². The highest BCUT2D eigenvalue weighted by atomic mass is 35.5. The Morgan fingerprint density at radius 1 is 1.20 bits per heavy atom. The number of carbonyl (C=O) groups excluding carboxylic acids is 1. The van der Waals surface area contributed by atoms with E-state index in [2.05, 4.69) is 29.4 Å². The third kappa shape index (κ3) is 5.62. The van der Waals surface area contributed by atoms with Gasteiger partial charge in [0.2, 0.25) is 0 Å². The van der Waals surface area contributed by atoms with E-state index in [-0.39, 0.29) is 5.91 Å². The third-order valence-corrected chi connectivity index (χ3v) is 5.54. The number of methoxy groups -OCH3 is 1. The molecule has 2 aromatic carbocycles. The lowest BCUT2D eigenvalue weighted by Crippen LogP contribution is -2.28. The van der Waals surface area contributed by atoms with E-state index in [1.807, 2.05) is 53.1 Å². The smallest absolute Gasteiger partial charge is 0.251 e. The van der Waals surface area contributed by atoms with E-state index in [9.17, 15) is 4.79 Å². The Hall–Kier alpha value is -2.35. The van der Waals surface area contributed by atoms with Crippen LogP contribution in [0.15, 0.2) is 53.7 Å². The van der Waals surface area contributed by atoms with Gasteiger partial charge in [0.05, 0.1) is 5.69 Å². The molecule has 0 fully saturated rings. The number of hydrogen-bond donors (Lipinski definition) is 1. The molecule has 0 saturated heterocycles. The molecule has 8 heteroatoms. The molecule has 6 nitrogen and oxygen atoms in total. The van der Waals surface area contributed by atoms with E-state index in [4.69, 9.17) is 16.3 Å². The van der Waals surface area contributed by atoms with E-state index in [1.165, 1.54) is 11.8 Å². The Morgan fingerprint density at radius 2 is 2.00 bits per heavy atom. The van der Waals surface area contributed by atoms with Crippen molar-refractivity contribution in [2.75, 3.05) is 13.7 Å². The standard InChI is InChI=1S/C22H25ClN4O2S/c1-15(2)12-24-21(28)19-10-5-4-7-16(19)14-30-22-26-25-20(13-29-3)27(22)18-9-6-8-17(23)11-18/h4-11,15H,12-14H2,1-3H3,(H,24,28). The number of halogens is 1. The van der Waals surface area contributed by atoms with Gasteiger partial charge in [-0.1, -0.05) is 61.5 Å². The number of thioether (sulfide) groups is 1. The summed E-state index contributed by atoms with van der Waals surface area (Å²) in [6, 6.07) is 15.2. The Balaban J connectivity index is 1.84. The second kappa shape index (κ2) is 10.6. The van der Waals surface area contributed by atoms with Crippen LogP contribution >= 0.6 is 23.4 Å². The summed E-state index contributed by atoms with van der Waals surface area (Å²) < 4.78 is 7.21. The zero-order valence-corrected chi connectivity index (χ0v) is 18.8. The van der Waals surface area contributed by atoms with E-state index >= 15 is 0 Å². The maximum Gasteiger partial charge on any atom is 0.251 e. The SMILES string of the molecule is COCc1nnc(SCc2ccccc2C(=O)NCC(C)C)n1-c1cccc(Cl)c1. The zero-order valence-electron chi connectivity index (χ0n) is 17.3. The van der Waals surface area contributed by atoms with Gasteiger partial charge in [-0.25, -0.2) is 0 Å². The molecule has 158 valence electrons. The summed E-state index contributed by atoms with van der Waals surface area (Å²) >= 11 is 7.70. The first kappa shape index (κ1) is 22.3. The minimum atomic E-state index is -0.0590. The van der Waals surface area contributed by atoms with E-state index in [1.54, 1.807) is 7.11 Å². The van der Waals surface area contributed by atoms with E-state index in [0.717, 1.165) is 11.3 Å². The number of carbonyl (C=O) groups is 1. The van der Waals surface area contributed by atoms with Crippen molar-refractivity contribution in [1.29, 1.82) is 0 Å². The molecule has 1 heterocycles. The van der Waals surface area contributed by atoms with Gasteiger partial charge in [0.15, 0.2) is 11.0 Å². The molecule has 0 aliphatic rings. The maximum absolute atomic E-state index is 12.6. The van der Waals surface area contributed by atoms with Crippen LogP contribution in [0.4, 0.5) is 0 Å². The number of benzene rings is 2. The van der Waals surface area contributed by atoms with Crippen LogP contribution < -0.4 is 5.32 Å². The van der Waals surface area contributed by atoms with Gasteiger partial charge in [-0.15, -0.1) is 10.2 Å². The van der Waals surface area contributed by atoms with Crippen LogP contribution in [0.1, 0.15) is 35.6 Å². The summed E-state index contributed by atoms with van der Waals surface area (Å²) in [6.45, 7) is 5.11. The molecular formula is C22H25ClN4O2S. The number of hydrogen-bond acceptors (Lipinski definition) is 5. The summed E-state index contributed by atoms with van der Waals surface area (Å²) in [4.78, 5) is 12.6. The molecule has 0 aliphatic heterocycles. The van der Waals surface area contributed by atoms with Gasteiger partial charge in [-0.05, 0) is 35.7 Å². The second-order valence-electron chi connectivity index (χ2n) is 7.20. The van der Waals surface area contributed by atoms with Crippen LogP contribution in [-0.2, 0) is 17.1 Å². The van der Waals surface area contributed by atoms with Crippen molar-refractivity contribution in [3.05, 3.63) is 70.5 Å². The predicted molar refractivity (Wildman–Crippen MR) is 120 cm³/mol. The molecule has 0 saturated carbocycles. The van der Waals surface area contributed by atoms with Gasteiger partial charge in [0.1, 0.15) is 6.61 Å². The summed E-state index contributed by atoms with van der Waals surface area (Å²) in [7, 11) is 1.62. The molecule has 0 radical (unpaired) electrons. The Bertz CT molecular complexity index is 1010. The van der Waals surface area contributed by atoms with E-state index in [0.29, 0.717) is 46.4 Å². The highest BCUT2D eigenvalue weighted by molar-refractivity contribution is 7.98. The molecule has 3 rings (SSSR count). The van der Waals surface area contributed by atoms with Crippen molar-refractivity contribution in [2.24, 2.45) is 5.92 Å². The largest absolute Gasteiger partial charge is 0.377 e. The van der Waals surface area contributed by atoms with Crippen LogP contribution in [0.25, 0.3) is 5.69 Å². The average molecular weight is 445 g/mol. The van der Waals surface area contributed by atoms with Crippen LogP contribution in [0, 0.1) is 5.92 Å². The summed E-state index contributed by atoms with van der Waals surface area (Å²) in [6.07, 6.45) is 0. The minimum Gasteiger partial charge on any atom is -0.377 e. The number of ether oxygens (including phenoxy) is 1. The highest BCUT2D eigenvalue weighted by Gasteiger charge is 2.17. The normalized spacial score (nSPS) is 11.1. The Kier molecular flexibility index (Phi) is 7.90. The number of rotatable bonds is 9. The molecule has 30 heavy (non-hydrogen) atoms. The van der Waals surface area contributed by atoms with Crippen LogP contribution in [0.3, 0.4) is 0 Å². The average Bonchev–Trinajstić information content (AvgIpc) is 3.13. The number of nitrogens with zero attached hydrogens (tertiary/aromatic N) is 3. The van der Waals surface area contributed by atoms with Crippen LogP contribution in [-0.4, -0.2) is 34.3 Å². The third-order valence-electron chi connectivity index (χ3n) is 4.33. The predicted octanol–water partition coefficient (Wildman–Crippen LogP) is 4.75. The number of nitrogens with one attached hydrogen (secondary N) is 1. The molecule has 0 aliphatic carbocycles. The van der Waals surface area contributed by atoms with Gasteiger partial charge in [-0.2, -0.15) is 0 Å². The van der Waals surface area contributed by atoms with Crippen molar-refractivity contribution in [3.63, 3.8) is 0 Å². The molecule has 1 amide bonds. The van der Waals surface area contributed by atoms with Gasteiger partial charge >= 0.3 is 0 Å². The fourth-order valence-electron chi connectivity index (χ4n) is 2.89. The minimum absolute atomic E-state index is 0.0590. The topological polar surface area (TPSA) is 69.0 Å². The molecule has 1 N–H and O–H groups in total. The zero-order chi connectivity index (χ0) is 21.5. The summed E-state index contributed by atoms with van der Waals surface area (Å²) in [5, 5.41) is 12.9. The first-order chi connectivity index (χ1) is 14.5. The molecule has 0 unspecified atom stereocenters. The fourth-order valence-corrected chi connectivity index (χ4v) is 4.05. The summed E-state index contributed by atoms with van der Waals surface area (Å²) in [5.41, 5.74) is 2.49. The second-order valence-corrected chi connectivity index (χ2v) is 8.58. The molecule has 3 aromatic rings. The van der Waals surface area contributed by atoms with Crippen LogP contribution in [0.2, 0.25) is 5.02 Å². The maximum atomic E-state index is 12.6. The number of aromatic nitrogens is 3. The van der Waals surface area contributed by atoms with Crippen molar-refractivity contribution < 1.29 is 9.53 Å². The van der Waals surface area contributed by atoms with Crippen molar-refractivity contribution >= 4 is 29.3 Å². The first-order valence-electron chi connectivity index (χ1n) is 9.67. The molecule has 0 atom stereocenters. The Labute approximate surface area is 186 Å². The highest BCUT2D eigenvalue weighted by Crippen LogP contribution is 2.28. The lowest BCUT2D eigenvalue weighted by Gasteiger charge is -2.12. The molecule has 0 bridgehead atoms. The van der Waals surface area contributed by atoms with Gasteiger partial charge in [-0.3, -0.25) is 9.36 Å². The van der Waals surface area contributed by atoms with Crippen LogP contribution in [0.5, 0.6) is 0 Å². The van der Waals surface area contributed by atoms with E-state index < -0.39 is 0 Å². The van der Waals surface area contributed by atoms with Gasteiger partial charge in [0, 0.05) is 30.0 Å². The Morgan fingerprint density at radius 3 is 2.73 bits per heavy atom. The fraction of sp³-hybridized carbons (Fsp3) is 0.318. The first-order valence-corrected chi connectivity index (χ1v) is 11.0. The lowest BCUT2D eigenvalue weighted by molar-refractivity contribution is 0.0948. The number of amides is 1.